The normalized spacial score (nSPS) is 11.4. The Morgan fingerprint density at radius 2 is 1.92 bits per heavy atom. The van der Waals surface area contributed by atoms with Crippen LogP contribution in [-0.2, 0) is 10.2 Å². The number of anilines is 1. The van der Waals surface area contributed by atoms with E-state index in [1.165, 1.54) is 25.4 Å². The molecule has 0 aliphatic rings. The average molecular weight is 352 g/mol. The van der Waals surface area contributed by atoms with Crippen molar-refractivity contribution in [3.8, 4) is 0 Å². The number of nitrogens with one attached hydrogen (secondary N) is 2. The second-order valence-electron chi connectivity index (χ2n) is 6.95. The summed E-state index contributed by atoms with van der Waals surface area (Å²) in [6.07, 6.45) is 1.31. The molecule has 1 aromatic carbocycles. The van der Waals surface area contributed by atoms with Gasteiger partial charge in [0.25, 0.3) is 5.91 Å². The van der Waals surface area contributed by atoms with Crippen molar-refractivity contribution in [2.75, 3.05) is 12.4 Å². The number of ether oxygens (including phenoxy) is 1. The fourth-order valence-electron chi connectivity index (χ4n) is 2.40. The number of amides is 1. The van der Waals surface area contributed by atoms with Gasteiger partial charge < -0.3 is 15.0 Å². The SMILES string of the molecule is COC(=O)c1ccc(C(=O)Nc2ccc3nc(C(C)(C)C)[nH]c3c2)nc1. The van der Waals surface area contributed by atoms with Gasteiger partial charge in [-0.1, -0.05) is 20.8 Å². The second-order valence-corrected chi connectivity index (χ2v) is 6.95. The first-order chi connectivity index (χ1) is 12.3. The van der Waals surface area contributed by atoms with E-state index in [2.05, 4.69) is 45.8 Å². The molecule has 3 rings (SSSR count). The lowest BCUT2D eigenvalue weighted by molar-refractivity contribution is 0.0600. The number of aromatic amines is 1. The van der Waals surface area contributed by atoms with Gasteiger partial charge in [0.05, 0.1) is 23.7 Å². The first-order valence-electron chi connectivity index (χ1n) is 8.14. The van der Waals surface area contributed by atoms with Crippen molar-refractivity contribution in [3.05, 3.63) is 53.6 Å². The Bertz CT molecular complexity index is 969. The molecular formula is C19H20N4O3. The molecule has 0 aliphatic carbocycles. The number of H-pyrrole nitrogens is 1. The predicted octanol–water partition coefficient (Wildman–Crippen LogP) is 3.29. The third-order valence-electron chi connectivity index (χ3n) is 3.87. The highest BCUT2D eigenvalue weighted by molar-refractivity contribution is 6.04. The number of hydrogen-bond acceptors (Lipinski definition) is 5. The van der Waals surface area contributed by atoms with Gasteiger partial charge in [0, 0.05) is 17.3 Å². The van der Waals surface area contributed by atoms with Gasteiger partial charge in [-0.25, -0.2) is 9.78 Å². The van der Waals surface area contributed by atoms with Crippen molar-refractivity contribution >= 4 is 28.6 Å². The molecule has 26 heavy (non-hydrogen) atoms. The molecule has 1 amide bonds. The molecule has 0 atom stereocenters. The van der Waals surface area contributed by atoms with Crippen LogP contribution in [0.1, 0.15) is 47.4 Å². The van der Waals surface area contributed by atoms with Crippen LogP contribution in [0.5, 0.6) is 0 Å². The van der Waals surface area contributed by atoms with E-state index in [9.17, 15) is 9.59 Å². The Balaban J connectivity index is 1.79. The van der Waals surface area contributed by atoms with Crippen LogP contribution in [-0.4, -0.2) is 33.9 Å². The van der Waals surface area contributed by atoms with Crippen molar-refractivity contribution in [1.82, 2.24) is 15.0 Å². The molecule has 0 bridgehead atoms. The van der Waals surface area contributed by atoms with E-state index in [0.29, 0.717) is 5.69 Å². The standard InChI is InChI=1S/C19H20N4O3/c1-19(2,3)18-22-13-8-6-12(9-15(13)23-18)21-16(24)14-7-5-11(10-20-14)17(25)26-4/h5-10H,1-4H3,(H,21,24)(H,22,23). The Kier molecular flexibility index (Phi) is 4.46. The monoisotopic (exact) mass is 352 g/mol. The number of pyridine rings is 1. The van der Waals surface area contributed by atoms with Crippen molar-refractivity contribution in [2.24, 2.45) is 0 Å². The van der Waals surface area contributed by atoms with E-state index in [4.69, 9.17) is 0 Å². The van der Waals surface area contributed by atoms with E-state index in [-0.39, 0.29) is 22.6 Å². The molecule has 3 aromatic rings. The molecule has 0 radical (unpaired) electrons. The fraction of sp³-hybridized carbons (Fsp3) is 0.263. The van der Waals surface area contributed by atoms with Gasteiger partial charge in [0.2, 0.25) is 0 Å². The topological polar surface area (TPSA) is 97.0 Å². The fourth-order valence-corrected chi connectivity index (χ4v) is 2.40. The van der Waals surface area contributed by atoms with Gasteiger partial charge in [-0.3, -0.25) is 9.78 Å². The highest BCUT2D eigenvalue weighted by Crippen LogP contribution is 2.24. The number of carbonyl (C=O) groups excluding carboxylic acids is 2. The van der Waals surface area contributed by atoms with Crippen LogP contribution in [0.3, 0.4) is 0 Å². The zero-order valence-electron chi connectivity index (χ0n) is 15.1. The average Bonchev–Trinajstić information content (AvgIpc) is 3.05. The van der Waals surface area contributed by atoms with Crippen LogP contribution in [0.4, 0.5) is 5.69 Å². The summed E-state index contributed by atoms with van der Waals surface area (Å²) < 4.78 is 4.61. The lowest BCUT2D eigenvalue weighted by Gasteiger charge is -2.13. The smallest absolute Gasteiger partial charge is 0.339 e. The quantitative estimate of drug-likeness (QED) is 0.705. The van der Waals surface area contributed by atoms with Crippen molar-refractivity contribution in [2.45, 2.75) is 26.2 Å². The van der Waals surface area contributed by atoms with E-state index >= 15 is 0 Å². The highest BCUT2D eigenvalue weighted by atomic mass is 16.5. The summed E-state index contributed by atoms with van der Waals surface area (Å²) in [6.45, 7) is 6.24. The number of esters is 1. The van der Waals surface area contributed by atoms with Crippen LogP contribution in [0, 0.1) is 0 Å². The number of benzene rings is 1. The molecule has 0 spiro atoms. The highest BCUT2D eigenvalue weighted by Gasteiger charge is 2.18. The first-order valence-corrected chi connectivity index (χ1v) is 8.14. The van der Waals surface area contributed by atoms with Crippen LogP contribution in [0.15, 0.2) is 36.5 Å². The molecule has 7 nitrogen and oxygen atoms in total. The molecule has 134 valence electrons. The van der Waals surface area contributed by atoms with Gasteiger partial charge >= 0.3 is 5.97 Å². The lowest BCUT2D eigenvalue weighted by Crippen LogP contribution is -2.14. The predicted molar refractivity (Wildman–Crippen MR) is 98.3 cm³/mol. The molecular weight excluding hydrogens is 332 g/mol. The molecule has 0 unspecified atom stereocenters. The summed E-state index contributed by atoms with van der Waals surface area (Å²) in [7, 11) is 1.29. The molecule has 2 aromatic heterocycles. The number of carbonyl (C=O) groups is 2. The maximum atomic E-state index is 12.3. The molecule has 0 saturated heterocycles. The molecule has 7 heteroatoms. The van der Waals surface area contributed by atoms with E-state index < -0.39 is 5.97 Å². The summed E-state index contributed by atoms with van der Waals surface area (Å²) in [4.78, 5) is 35.6. The molecule has 0 fully saturated rings. The minimum Gasteiger partial charge on any atom is -0.465 e. The van der Waals surface area contributed by atoms with Gasteiger partial charge in [-0.05, 0) is 30.3 Å². The van der Waals surface area contributed by atoms with Crippen LogP contribution >= 0.6 is 0 Å². The number of rotatable bonds is 3. The van der Waals surface area contributed by atoms with Gasteiger partial charge in [-0.15, -0.1) is 0 Å². The number of fused-ring (bicyclic) bond motifs is 1. The van der Waals surface area contributed by atoms with Crippen LogP contribution in [0.2, 0.25) is 0 Å². The summed E-state index contributed by atoms with van der Waals surface area (Å²) >= 11 is 0. The number of aromatic nitrogens is 3. The summed E-state index contributed by atoms with van der Waals surface area (Å²) in [6, 6.07) is 8.45. The van der Waals surface area contributed by atoms with Crippen molar-refractivity contribution in [3.63, 3.8) is 0 Å². The minimum atomic E-state index is -0.496. The summed E-state index contributed by atoms with van der Waals surface area (Å²) in [5.74, 6) is 0.0242. The zero-order valence-corrected chi connectivity index (χ0v) is 15.1. The Labute approximate surface area is 150 Å². The molecule has 2 heterocycles. The number of imidazole rings is 1. The number of hydrogen-bond donors (Lipinski definition) is 2. The third-order valence-corrected chi connectivity index (χ3v) is 3.87. The lowest BCUT2D eigenvalue weighted by atomic mass is 9.96. The van der Waals surface area contributed by atoms with Crippen molar-refractivity contribution < 1.29 is 14.3 Å². The molecule has 0 saturated carbocycles. The van der Waals surface area contributed by atoms with E-state index in [0.717, 1.165) is 16.9 Å². The Morgan fingerprint density at radius 3 is 2.54 bits per heavy atom. The first kappa shape index (κ1) is 17.6. The van der Waals surface area contributed by atoms with E-state index in [1.807, 2.05) is 12.1 Å². The third kappa shape index (κ3) is 3.56. The Hall–Kier alpha value is -3.22. The van der Waals surface area contributed by atoms with Gasteiger partial charge in [0.15, 0.2) is 0 Å². The minimum absolute atomic E-state index is 0.0895. The zero-order chi connectivity index (χ0) is 18.9. The largest absolute Gasteiger partial charge is 0.465 e. The molecule has 0 aliphatic heterocycles. The summed E-state index contributed by atoms with van der Waals surface area (Å²) in [5, 5.41) is 2.80. The number of nitrogens with zero attached hydrogens (tertiary/aromatic N) is 2. The maximum Gasteiger partial charge on any atom is 0.339 e. The maximum absolute atomic E-state index is 12.3. The van der Waals surface area contributed by atoms with E-state index in [1.54, 1.807) is 6.07 Å². The molecule has 2 N–H and O–H groups in total. The van der Waals surface area contributed by atoms with Crippen molar-refractivity contribution in [1.29, 1.82) is 0 Å². The second kappa shape index (κ2) is 6.59. The van der Waals surface area contributed by atoms with Crippen LogP contribution < -0.4 is 5.32 Å². The Morgan fingerprint density at radius 1 is 1.15 bits per heavy atom. The number of methoxy groups -OCH3 is 1. The summed E-state index contributed by atoms with van der Waals surface area (Å²) in [5.41, 5.74) is 2.73. The van der Waals surface area contributed by atoms with Crippen LogP contribution in [0.25, 0.3) is 11.0 Å². The van der Waals surface area contributed by atoms with Gasteiger partial charge in [-0.2, -0.15) is 0 Å². The van der Waals surface area contributed by atoms with Gasteiger partial charge in [0.1, 0.15) is 11.5 Å².